The molecule has 0 aliphatic carbocycles. The van der Waals surface area contributed by atoms with E-state index in [0.717, 1.165) is 0 Å². The lowest BCUT2D eigenvalue weighted by molar-refractivity contribution is 0.475. The molecule has 1 aromatic carbocycles. The molecule has 0 atom stereocenters. The highest BCUT2D eigenvalue weighted by molar-refractivity contribution is 5.18. The Morgan fingerprint density at radius 3 is 1.45 bits per heavy atom. The van der Waals surface area contributed by atoms with Crippen molar-refractivity contribution in [3.8, 4) is 5.75 Å². The molecule has 0 saturated heterocycles. The van der Waals surface area contributed by atoms with Crippen LogP contribution in [0.1, 0.15) is 0 Å². The van der Waals surface area contributed by atoms with Gasteiger partial charge in [0.1, 0.15) is 5.75 Å². The van der Waals surface area contributed by atoms with Crippen molar-refractivity contribution in [3.63, 3.8) is 0 Å². The van der Waals surface area contributed by atoms with Gasteiger partial charge in [-0.25, -0.2) is 0 Å². The number of phenols is 1. The van der Waals surface area contributed by atoms with Gasteiger partial charge in [-0.05, 0) is 12.1 Å². The van der Waals surface area contributed by atoms with Crippen molar-refractivity contribution in [2.24, 2.45) is 0 Å². The third-order valence-electron chi connectivity index (χ3n) is 0.756. The highest BCUT2D eigenvalue weighted by Crippen LogP contribution is 2.02. The zero-order valence-corrected chi connectivity index (χ0v) is 6.66. The first-order chi connectivity index (χ1) is 4.39. The number of hydrogen-bond donors (Lipinski definition) is 3. The first kappa shape index (κ1) is 16.3. The number of aromatic hydroxyl groups is 1. The number of rotatable bonds is 0. The van der Waals surface area contributed by atoms with Crippen LogP contribution in [0.25, 0.3) is 0 Å². The summed E-state index contributed by atoms with van der Waals surface area (Å²) in [5.41, 5.74) is 0. The van der Waals surface area contributed by atoms with Gasteiger partial charge in [-0.3, -0.25) is 0 Å². The summed E-state index contributed by atoms with van der Waals surface area (Å²) in [7, 11) is 0. The molecule has 0 aromatic heterocycles. The molecule has 11 heavy (non-hydrogen) atoms. The predicted octanol–water partition coefficient (Wildman–Crippen LogP) is 2.52. The minimum Gasteiger partial charge on any atom is -0.508 e. The van der Waals surface area contributed by atoms with E-state index in [0.29, 0.717) is 5.75 Å². The largest absolute Gasteiger partial charge is 0.508 e. The summed E-state index contributed by atoms with van der Waals surface area (Å²) in [6, 6.07) is 8.71. The summed E-state index contributed by atoms with van der Waals surface area (Å²) >= 11 is 0. The van der Waals surface area contributed by atoms with Crippen LogP contribution in [-0.2, 0) is 0 Å². The summed E-state index contributed by atoms with van der Waals surface area (Å²) in [6.45, 7) is 6.00. The Bertz CT molecular complexity index is 153. The van der Waals surface area contributed by atoms with Crippen molar-refractivity contribution < 1.29 is 5.11 Å². The quantitative estimate of drug-likeness (QED) is 0.504. The lowest BCUT2D eigenvalue weighted by Gasteiger charge is -1.82. The van der Waals surface area contributed by atoms with Crippen LogP contribution in [0.2, 0.25) is 0 Å². The molecule has 0 amide bonds. The van der Waals surface area contributed by atoms with E-state index in [1.807, 2.05) is 6.07 Å². The summed E-state index contributed by atoms with van der Waals surface area (Å²) in [5, 5.41) is 8.63. The van der Waals surface area contributed by atoms with Gasteiger partial charge in [-0.1, -0.05) is 18.2 Å². The van der Waals surface area contributed by atoms with Gasteiger partial charge in [0.15, 0.2) is 0 Å². The fourth-order valence-corrected chi connectivity index (χ4v) is 0.428. The molecule has 0 heterocycles. The Hall–Kier alpha value is -1.32. The molecule has 0 aliphatic rings. The van der Waals surface area contributed by atoms with E-state index in [1.54, 1.807) is 24.3 Å². The summed E-state index contributed by atoms with van der Waals surface area (Å²) < 4.78 is 0. The van der Waals surface area contributed by atoms with Crippen molar-refractivity contribution in [2.75, 3.05) is 0 Å². The molecule has 64 valence electrons. The standard InChI is InChI=1S/C6H6O.C2H4.2H3N/c7-6-4-2-1-3-5-6;1-2;;/h1-5,7H;1-2H2;2*1H3. The first-order valence-corrected chi connectivity index (χ1v) is 2.63. The average molecular weight is 156 g/mol. The first-order valence-electron chi connectivity index (χ1n) is 2.63. The van der Waals surface area contributed by atoms with Gasteiger partial charge in [0.2, 0.25) is 0 Å². The van der Waals surface area contributed by atoms with Gasteiger partial charge >= 0.3 is 0 Å². The third-order valence-corrected chi connectivity index (χ3v) is 0.756. The smallest absolute Gasteiger partial charge is 0.115 e. The van der Waals surface area contributed by atoms with Gasteiger partial charge in [-0.2, -0.15) is 0 Å². The fraction of sp³-hybridized carbons (Fsp3) is 0. The van der Waals surface area contributed by atoms with Crippen LogP contribution in [-0.4, -0.2) is 5.11 Å². The molecule has 7 N–H and O–H groups in total. The molecular weight excluding hydrogens is 140 g/mol. The summed E-state index contributed by atoms with van der Waals surface area (Å²) in [5.74, 6) is 0.322. The number of hydrogen-bond acceptors (Lipinski definition) is 3. The maximum absolute atomic E-state index is 8.63. The lowest BCUT2D eigenvalue weighted by atomic mass is 10.3. The molecule has 1 rings (SSSR count). The van der Waals surface area contributed by atoms with Crippen molar-refractivity contribution in [1.82, 2.24) is 12.3 Å². The fourth-order valence-electron chi connectivity index (χ4n) is 0.428. The van der Waals surface area contributed by atoms with Crippen molar-refractivity contribution in [2.45, 2.75) is 0 Å². The molecule has 0 unspecified atom stereocenters. The Morgan fingerprint density at radius 2 is 1.27 bits per heavy atom. The number of para-hydroxylation sites is 1. The zero-order chi connectivity index (χ0) is 7.11. The van der Waals surface area contributed by atoms with Gasteiger partial charge in [0.25, 0.3) is 0 Å². The van der Waals surface area contributed by atoms with Gasteiger partial charge < -0.3 is 17.4 Å². The molecule has 0 spiro atoms. The summed E-state index contributed by atoms with van der Waals surface area (Å²) in [6.07, 6.45) is 0. The molecule has 0 aliphatic heterocycles. The Morgan fingerprint density at radius 1 is 0.909 bits per heavy atom. The van der Waals surface area contributed by atoms with Crippen LogP contribution in [0, 0.1) is 0 Å². The Kier molecular flexibility index (Phi) is 17.0. The van der Waals surface area contributed by atoms with Crippen LogP contribution < -0.4 is 12.3 Å². The van der Waals surface area contributed by atoms with E-state index in [2.05, 4.69) is 13.2 Å². The SMILES string of the molecule is C=C.N.N.Oc1ccccc1. The molecular formula is C8H16N2O. The van der Waals surface area contributed by atoms with Crippen LogP contribution >= 0.6 is 0 Å². The molecule has 0 radical (unpaired) electrons. The zero-order valence-electron chi connectivity index (χ0n) is 6.66. The van der Waals surface area contributed by atoms with E-state index in [1.165, 1.54) is 0 Å². The van der Waals surface area contributed by atoms with Crippen LogP contribution in [0.15, 0.2) is 43.5 Å². The second-order valence-electron chi connectivity index (χ2n) is 1.34. The van der Waals surface area contributed by atoms with E-state index in [4.69, 9.17) is 5.11 Å². The third kappa shape index (κ3) is 8.68. The Labute approximate surface area is 67.5 Å². The topological polar surface area (TPSA) is 90.2 Å². The predicted molar refractivity (Wildman–Crippen MR) is 49.4 cm³/mol. The molecule has 3 nitrogen and oxygen atoms in total. The minimum absolute atomic E-state index is 0. The van der Waals surface area contributed by atoms with Crippen molar-refractivity contribution in [3.05, 3.63) is 43.5 Å². The highest BCUT2D eigenvalue weighted by Gasteiger charge is 1.74. The van der Waals surface area contributed by atoms with E-state index >= 15 is 0 Å². The monoisotopic (exact) mass is 156 g/mol. The van der Waals surface area contributed by atoms with Gasteiger partial charge in [0, 0.05) is 0 Å². The van der Waals surface area contributed by atoms with Crippen LogP contribution in [0.5, 0.6) is 5.75 Å². The minimum atomic E-state index is 0. The Balaban J connectivity index is -0.000000149. The average Bonchev–Trinajstić information content (AvgIpc) is 1.94. The van der Waals surface area contributed by atoms with Crippen LogP contribution in [0.4, 0.5) is 0 Å². The second-order valence-corrected chi connectivity index (χ2v) is 1.34. The number of phenolic OH excluding ortho intramolecular Hbond substituents is 1. The molecule has 0 bridgehead atoms. The van der Waals surface area contributed by atoms with E-state index in [9.17, 15) is 0 Å². The van der Waals surface area contributed by atoms with Gasteiger partial charge in [0.05, 0.1) is 0 Å². The molecule has 3 heteroatoms. The maximum Gasteiger partial charge on any atom is 0.115 e. The number of benzene rings is 1. The molecule has 1 aromatic rings. The van der Waals surface area contributed by atoms with E-state index in [-0.39, 0.29) is 12.3 Å². The normalized spacial score (nSPS) is 5.82. The summed E-state index contributed by atoms with van der Waals surface area (Å²) in [4.78, 5) is 0. The van der Waals surface area contributed by atoms with Crippen molar-refractivity contribution >= 4 is 0 Å². The maximum atomic E-state index is 8.63. The van der Waals surface area contributed by atoms with Crippen molar-refractivity contribution in [1.29, 1.82) is 0 Å². The molecule has 0 fully saturated rings. The molecule has 0 saturated carbocycles. The highest BCUT2D eigenvalue weighted by atomic mass is 16.3. The van der Waals surface area contributed by atoms with E-state index < -0.39 is 0 Å². The van der Waals surface area contributed by atoms with Gasteiger partial charge in [-0.15, -0.1) is 13.2 Å². The lowest BCUT2D eigenvalue weighted by Crippen LogP contribution is -1.56. The van der Waals surface area contributed by atoms with Crippen LogP contribution in [0.3, 0.4) is 0 Å². The second kappa shape index (κ2) is 11.5.